The van der Waals surface area contributed by atoms with Gasteiger partial charge in [-0.15, -0.1) is 16.8 Å². The molecule has 0 aliphatic heterocycles. The molecule has 0 unspecified atom stereocenters. The standard InChI is InChI=1S/C50H84N8O12S/c1-45(2,3)65-39(59)53-36(51)34-26-28-35(29-27-34)71-33-25-32-58(44(64)70-50(16,17)18)38(56-42(62)68-48(10,11)12)57(43(63)69-49(13,14)15)31-24-22-20-19-21-23-30-52-37(54-40(60)66-46(4,5)6)55-41(61)67-47(7,8)9/h26-29H,19-25,30-33H2,1-18H3,(H2,51,53,59)(H2,52,54,55,60,61). The summed E-state index contributed by atoms with van der Waals surface area (Å²) in [7, 11) is 0. The third-order valence-corrected chi connectivity index (χ3v) is 9.26. The highest BCUT2D eigenvalue weighted by Crippen LogP contribution is 2.23. The molecule has 21 heteroatoms. The molecule has 0 aliphatic rings. The van der Waals surface area contributed by atoms with E-state index in [1.54, 1.807) is 149 Å². The number of rotatable bonds is 15. The lowest BCUT2D eigenvalue weighted by Crippen LogP contribution is -2.53. The smallest absolute Gasteiger partial charge is 0.437 e. The first-order chi connectivity index (χ1) is 32.3. The number of benzene rings is 1. The molecule has 0 aliphatic carbocycles. The quantitative estimate of drug-likeness (QED) is 0.0420. The van der Waals surface area contributed by atoms with Gasteiger partial charge in [0.05, 0.1) is 0 Å². The number of hydrogen-bond donors (Lipinski definition) is 4. The molecule has 20 nitrogen and oxygen atoms in total. The molecule has 402 valence electrons. The van der Waals surface area contributed by atoms with Crippen LogP contribution in [0.5, 0.6) is 0 Å². The summed E-state index contributed by atoms with van der Waals surface area (Å²) in [6, 6.07) is 7.01. The van der Waals surface area contributed by atoms with E-state index in [1.807, 2.05) is 0 Å². The van der Waals surface area contributed by atoms with Crippen LogP contribution in [0.2, 0.25) is 0 Å². The molecule has 1 rings (SSSR count). The minimum atomic E-state index is -1.02. The van der Waals surface area contributed by atoms with Crippen LogP contribution in [0.3, 0.4) is 0 Å². The van der Waals surface area contributed by atoms with E-state index in [-0.39, 0.29) is 37.4 Å². The number of aliphatic imine (C=N–C) groups is 2. The predicted molar refractivity (Wildman–Crippen MR) is 276 cm³/mol. The molecule has 1 aromatic carbocycles. The van der Waals surface area contributed by atoms with Gasteiger partial charge in [-0.05, 0) is 162 Å². The molecular weight excluding hydrogens is 937 g/mol. The first kappa shape index (κ1) is 63.4. The molecule has 71 heavy (non-hydrogen) atoms. The summed E-state index contributed by atoms with van der Waals surface area (Å²) in [5, 5.41) is 15.7. The average molecular weight is 1020 g/mol. The molecule has 0 aromatic heterocycles. The summed E-state index contributed by atoms with van der Waals surface area (Å²) in [5.74, 6) is -0.0406. The van der Waals surface area contributed by atoms with Crippen LogP contribution in [0.4, 0.5) is 28.8 Å². The Kier molecular flexibility index (Phi) is 24.9. The minimum Gasteiger partial charge on any atom is -0.444 e. The van der Waals surface area contributed by atoms with Crippen molar-refractivity contribution in [1.82, 2.24) is 25.8 Å². The molecule has 1 aromatic rings. The van der Waals surface area contributed by atoms with E-state index in [9.17, 15) is 28.8 Å². The Labute approximate surface area is 426 Å². The maximum atomic E-state index is 14.1. The SMILES string of the molecule is CC(C)(C)OC(=O)N=C(N(CCCCCCCCN=C(NC(=O)OC(C)(C)C)NC(=O)OC(C)(C)C)C(=O)OC(C)(C)C)N(CCCSc1ccc(C(=N)NC(=O)OC(C)(C)C)cc1)C(=O)OC(C)(C)C. The maximum Gasteiger partial charge on any atom is 0.437 e. The fourth-order valence-corrected chi connectivity index (χ4v) is 6.45. The zero-order valence-corrected chi connectivity index (χ0v) is 46.5. The van der Waals surface area contributed by atoms with Gasteiger partial charge in [-0.1, -0.05) is 37.8 Å². The first-order valence-corrected chi connectivity index (χ1v) is 25.0. The zero-order valence-electron chi connectivity index (χ0n) is 45.7. The Balaban J connectivity index is 3.32. The first-order valence-electron chi connectivity index (χ1n) is 24.0. The number of amidine groups is 1. The van der Waals surface area contributed by atoms with Crippen LogP contribution in [0, 0.1) is 5.41 Å². The van der Waals surface area contributed by atoms with E-state index in [4.69, 9.17) is 33.8 Å². The number of carbonyl (C=O) groups excluding carboxylic acids is 6. The van der Waals surface area contributed by atoms with E-state index < -0.39 is 70.2 Å². The summed E-state index contributed by atoms with van der Waals surface area (Å²) in [5.41, 5.74) is -4.65. The van der Waals surface area contributed by atoms with Crippen molar-refractivity contribution in [2.45, 2.75) is 208 Å². The lowest BCUT2D eigenvalue weighted by molar-refractivity contribution is 0.0271. The van der Waals surface area contributed by atoms with Crippen molar-refractivity contribution in [2.24, 2.45) is 9.98 Å². The van der Waals surface area contributed by atoms with Gasteiger partial charge < -0.3 is 28.4 Å². The number of ether oxygens (including phenoxy) is 6. The van der Waals surface area contributed by atoms with Crippen molar-refractivity contribution < 1.29 is 57.2 Å². The van der Waals surface area contributed by atoms with Gasteiger partial charge in [0.25, 0.3) is 0 Å². The highest BCUT2D eigenvalue weighted by atomic mass is 32.2. The van der Waals surface area contributed by atoms with Gasteiger partial charge in [0.15, 0.2) is 0 Å². The molecular formula is C50H84N8O12S. The second-order valence-corrected chi connectivity index (χ2v) is 23.7. The Morgan fingerprint density at radius 2 is 0.887 bits per heavy atom. The molecule has 0 atom stereocenters. The topological polar surface area (TPSA) is 249 Å². The molecule has 0 radical (unpaired) electrons. The molecule has 0 saturated heterocycles. The fourth-order valence-electron chi connectivity index (χ4n) is 5.61. The summed E-state index contributed by atoms with van der Waals surface area (Å²) < 4.78 is 33.1. The molecule has 0 fully saturated rings. The van der Waals surface area contributed by atoms with Crippen molar-refractivity contribution >= 4 is 66.1 Å². The fraction of sp³-hybridized carbons (Fsp3) is 0.700. The van der Waals surface area contributed by atoms with Gasteiger partial charge in [-0.2, -0.15) is 0 Å². The van der Waals surface area contributed by atoms with Crippen molar-refractivity contribution in [3.8, 4) is 0 Å². The lowest BCUT2D eigenvalue weighted by atomic mass is 10.1. The lowest BCUT2D eigenvalue weighted by Gasteiger charge is -2.34. The van der Waals surface area contributed by atoms with Crippen LogP contribution in [0.15, 0.2) is 39.1 Å². The molecule has 0 saturated carbocycles. The number of unbranched alkanes of at least 4 members (excludes halogenated alkanes) is 5. The van der Waals surface area contributed by atoms with Gasteiger partial charge in [0.2, 0.25) is 11.9 Å². The van der Waals surface area contributed by atoms with Crippen LogP contribution >= 0.6 is 11.8 Å². The van der Waals surface area contributed by atoms with Crippen molar-refractivity contribution in [2.75, 3.05) is 25.4 Å². The third-order valence-electron chi connectivity index (χ3n) is 8.16. The monoisotopic (exact) mass is 1020 g/mol. The maximum absolute atomic E-state index is 14.1. The number of hydrogen-bond acceptors (Lipinski definition) is 15. The highest BCUT2D eigenvalue weighted by Gasteiger charge is 2.35. The number of thioether (sulfide) groups is 1. The Morgan fingerprint density at radius 3 is 1.31 bits per heavy atom. The van der Waals surface area contributed by atoms with E-state index in [0.29, 0.717) is 37.0 Å². The van der Waals surface area contributed by atoms with Gasteiger partial charge in [0, 0.05) is 30.1 Å². The van der Waals surface area contributed by atoms with E-state index >= 15 is 0 Å². The number of carbonyl (C=O) groups is 6. The van der Waals surface area contributed by atoms with E-state index in [1.165, 1.54) is 16.7 Å². The van der Waals surface area contributed by atoms with Crippen LogP contribution in [-0.2, 0) is 28.4 Å². The number of amides is 6. The highest BCUT2D eigenvalue weighted by molar-refractivity contribution is 7.99. The van der Waals surface area contributed by atoms with Crippen molar-refractivity contribution in [3.63, 3.8) is 0 Å². The molecule has 4 N–H and O–H groups in total. The number of guanidine groups is 2. The molecule has 0 heterocycles. The van der Waals surface area contributed by atoms with E-state index in [2.05, 4.69) is 25.9 Å². The number of alkyl carbamates (subject to hydrolysis) is 3. The minimum absolute atomic E-state index is 0.0177. The van der Waals surface area contributed by atoms with Crippen molar-refractivity contribution in [1.29, 1.82) is 5.41 Å². The largest absolute Gasteiger partial charge is 0.444 e. The van der Waals surface area contributed by atoms with Gasteiger partial charge in [-0.3, -0.25) is 26.4 Å². The second-order valence-electron chi connectivity index (χ2n) is 22.5. The Hall–Kier alpha value is -5.60. The van der Waals surface area contributed by atoms with Crippen LogP contribution < -0.4 is 16.0 Å². The predicted octanol–water partition coefficient (Wildman–Crippen LogP) is 11.5. The van der Waals surface area contributed by atoms with E-state index in [0.717, 1.165) is 29.1 Å². The third kappa shape index (κ3) is 31.4. The molecule has 0 spiro atoms. The summed E-state index contributed by atoms with van der Waals surface area (Å²) >= 11 is 1.47. The Bertz CT molecular complexity index is 1970. The summed E-state index contributed by atoms with van der Waals surface area (Å²) in [4.78, 5) is 90.7. The van der Waals surface area contributed by atoms with Crippen LogP contribution in [0.1, 0.15) is 175 Å². The zero-order chi connectivity index (χ0) is 54.6. The van der Waals surface area contributed by atoms with Crippen LogP contribution in [0.25, 0.3) is 0 Å². The number of nitrogens with one attached hydrogen (secondary N) is 4. The van der Waals surface area contributed by atoms with Crippen LogP contribution in [-0.4, -0.2) is 123 Å². The molecule has 0 bridgehead atoms. The summed E-state index contributed by atoms with van der Waals surface area (Å²) in [6.07, 6.45) is -0.643. The number of nitrogens with zero attached hydrogens (tertiary/aromatic N) is 4. The van der Waals surface area contributed by atoms with Gasteiger partial charge in [-0.25, -0.2) is 38.6 Å². The van der Waals surface area contributed by atoms with Gasteiger partial charge in [0.1, 0.15) is 39.4 Å². The second kappa shape index (κ2) is 27.9. The normalized spacial score (nSPS) is 12.4. The average Bonchev–Trinajstić information content (AvgIpc) is 3.13. The van der Waals surface area contributed by atoms with Gasteiger partial charge >= 0.3 is 36.6 Å². The Morgan fingerprint density at radius 1 is 0.507 bits per heavy atom. The summed E-state index contributed by atoms with van der Waals surface area (Å²) in [6.45, 7) is 31.0. The molecule has 6 amide bonds. The van der Waals surface area contributed by atoms with Crippen molar-refractivity contribution in [3.05, 3.63) is 29.8 Å².